The fourth-order valence-corrected chi connectivity index (χ4v) is 7.32. The molecule has 0 aromatic rings. The van der Waals surface area contributed by atoms with Gasteiger partial charge in [-0.25, -0.2) is 0 Å². The Morgan fingerprint density at radius 1 is 0.897 bits per heavy atom. The molecule has 4 aliphatic rings. The first-order valence-corrected chi connectivity index (χ1v) is 12.7. The molecule has 4 atom stereocenters. The Labute approximate surface area is 205 Å². The van der Waals surface area contributed by atoms with Gasteiger partial charge in [-0.05, 0) is 107 Å². The molecule has 0 aromatic heterocycles. The largest absolute Gasteiger partial charge is 0.392 e. The molecule has 4 rings (SSSR count). The van der Waals surface area contributed by atoms with E-state index in [-0.39, 0.29) is 38.8 Å². The molecule has 3 saturated carbocycles. The third kappa shape index (κ3) is 6.52. The van der Waals surface area contributed by atoms with Crippen molar-refractivity contribution in [2.45, 2.75) is 109 Å². The fraction of sp³-hybridized carbons (Fsp3) is 0.852. The fourth-order valence-electron chi connectivity index (χ4n) is 7.32. The van der Waals surface area contributed by atoms with Crippen LogP contribution in [0.3, 0.4) is 0 Å². The van der Waals surface area contributed by atoms with E-state index in [0.717, 1.165) is 36.0 Å². The summed E-state index contributed by atoms with van der Waals surface area (Å²) >= 11 is 0. The van der Waals surface area contributed by atoms with Crippen LogP contribution in [0.2, 0.25) is 0 Å². The summed E-state index contributed by atoms with van der Waals surface area (Å²) in [6.07, 6.45) is 27.8. The zero-order valence-electron chi connectivity index (χ0n) is 18.9. The molecule has 29 heavy (non-hydrogen) atoms. The Morgan fingerprint density at radius 2 is 1.66 bits per heavy atom. The molecule has 0 aromatic carbocycles. The molecule has 0 spiro atoms. The van der Waals surface area contributed by atoms with Gasteiger partial charge in [-0.3, -0.25) is 0 Å². The van der Waals surface area contributed by atoms with Crippen LogP contribution in [-0.4, -0.2) is 11.2 Å². The third-order valence-corrected chi connectivity index (χ3v) is 8.98. The Bertz CT molecular complexity index is 539. The maximum atomic E-state index is 10.9. The Hall–Kier alpha value is 0.544. The van der Waals surface area contributed by atoms with Crippen molar-refractivity contribution in [3.8, 4) is 0 Å². The summed E-state index contributed by atoms with van der Waals surface area (Å²) < 4.78 is 0. The van der Waals surface area contributed by atoms with Gasteiger partial charge < -0.3 is 5.11 Å². The summed E-state index contributed by atoms with van der Waals surface area (Å²) in [4.78, 5) is 0. The van der Waals surface area contributed by atoms with Gasteiger partial charge in [-0.1, -0.05) is 49.5 Å². The van der Waals surface area contributed by atoms with Crippen LogP contribution in [0.15, 0.2) is 23.8 Å². The second kappa shape index (κ2) is 12.0. The first-order chi connectivity index (χ1) is 13.7. The van der Waals surface area contributed by atoms with Crippen LogP contribution in [0.25, 0.3) is 0 Å². The van der Waals surface area contributed by atoms with Crippen LogP contribution in [0.5, 0.6) is 0 Å². The van der Waals surface area contributed by atoms with E-state index in [0.29, 0.717) is 5.92 Å². The minimum absolute atomic E-state index is 0. The first-order valence-electron chi connectivity index (χ1n) is 12.7. The molecule has 1 radical (unpaired) electrons. The maximum Gasteiger partial charge on any atom is 0.0608 e. The number of rotatable bonds is 5. The van der Waals surface area contributed by atoms with E-state index in [2.05, 4.69) is 25.2 Å². The summed E-state index contributed by atoms with van der Waals surface area (Å²) in [6, 6.07) is 0. The van der Waals surface area contributed by atoms with Gasteiger partial charge >= 0.3 is 0 Å². The topological polar surface area (TPSA) is 20.2 Å². The summed E-state index contributed by atoms with van der Waals surface area (Å²) in [5.41, 5.74) is 1.63. The van der Waals surface area contributed by atoms with Gasteiger partial charge in [-0.2, -0.15) is 0 Å². The zero-order chi connectivity index (χ0) is 19.3. The molecule has 0 saturated heterocycles. The smallest absolute Gasteiger partial charge is 0.0608 e. The van der Waals surface area contributed by atoms with E-state index in [4.69, 9.17) is 0 Å². The van der Waals surface area contributed by atoms with Crippen molar-refractivity contribution in [1.82, 2.24) is 0 Å². The molecule has 0 amide bonds. The molecule has 3 fully saturated rings. The molecular formula is C27H44OY. The average molecular weight is 474 g/mol. The molecule has 161 valence electrons. The van der Waals surface area contributed by atoms with Crippen molar-refractivity contribution in [2.75, 3.05) is 0 Å². The minimum atomic E-state index is -0.0563. The van der Waals surface area contributed by atoms with Crippen LogP contribution in [0.4, 0.5) is 0 Å². The number of allylic oxidation sites excluding steroid dienone is 3. The van der Waals surface area contributed by atoms with E-state index in [1.807, 2.05) is 0 Å². The van der Waals surface area contributed by atoms with Crippen molar-refractivity contribution in [3.05, 3.63) is 23.8 Å². The molecule has 2 heteroatoms. The van der Waals surface area contributed by atoms with Crippen LogP contribution in [-0.2, 0) is 32.7 Å². The van der Waals surface area contributed by atoms with Crippen molar-refractivity contribution >= 4 is 0 Å². The Balaban J connectivity index is 0.00000240. The van der Waals surface area contributed by atoms with Gasteiger partial charge in [-0.15, -0.1) is 0 Å². The average Bonchev–Trinajstić information content (AvgIpc) is 3.22. The third-order valence-electron chi connectivity index (χ3n) is 8.98. The second-order valence-corrected chi connectivity index (χ2v) is 10.8. The van der Waals surface area contributed by atoms with Gasteiger partial charge in [0.05, 0.1) is 6.10 Å². The van der Waals surface area contributed by atoms with Crippen molar-refractivity contribution in [3.63, 3.8) is 0 Å². The number of aliphatic hydroxyl groups excluding tert-OH is 1. The van der Waals surface area contributed by atoms with Gasteiger partial charge in [0.25, 0.3) is 0 Å². The first kappa shape index (κ1) is 24.2. The van der Waals surface area contributed by atoms with Crippen molar-refractivity contribution < 1.29 is 37.8 Å². The van der Waals surface area contributed by atoms with E-state index in [1.54, 1.807) is 5.57 Å². The molecule has 1 N–H and O–H groups in total. The standard InChI is InChI=1S/C27H44O.Y/c1-2-5-20-8-11-23(12-9-20)24-13-15-25(16-14-24)26-17-10-22(19-27(26)28)18-21-6-3-4-7-21;/h2,5,15,20-24,26-28H,3-4,6-14,16-19H2,1H3;/b5-2+;. The number of aliphatic hydroxyl groups is 1. The van der Waals surface area contributed by atoms with Gasteiger partial charge in [0.15, 0.2) is 0 Å². The van der Waals surface area contributed by atoms with Gasteiger partial charge in [0.1, 0.15) is 0 Å². The van der Waals surface area contributed by atoms with Gasteiger partial charge in [0.2, 0.25) is 0 Å². The van der Waals surface area contributed by atoms with Crippen LogP contribution < -0.4 is 0 Å². The summed E-state index contributed by atoms with van der Waals surface area (Å²) in [7, 11) is 0. The molecule has 4 unspecified atom stereocenters. The van der Waals surface area contributed by atoms with E-state index < -0.39 is 0 Å². The number of hydrogen-bond acceptors (Lipinski definition) is 1. The quantitative estimate of drug-likeness (QED) is 0.411. The monoisotopic (exact) mass is 473 g/mol. The SMILES string of the molecule is C/C=C/C1CCC(C2CC=C(C3CCC(CC4CCCC4)CC3O)CC2)CC1.[Y]. The molecule has 0 bridgehead atoms. The summed E-state index contributed by atoms with van der Waals surface area (Å²) in [5, 5.41) is 10.9. The van der Waals surface area contributed by atoms with Crippen molar-refractivity contribution in [1.29, 1.82) is 0 Å². The minimum Gasteiger partial charge on any atom is -0.392 e. The maximum absolute atomic E-state index is 10.9. The van der Waals surface area contributed by atoms with Crippen LogP contribution >= 0.6 is 0 Å². The molecule has 0 heterocycles. The second-order valence-electron chi connectivity index (χ2n) is 10.8. The van der Waals surface area contributed by atoms with Crippen molar-refractivity contribution in [2.24, 2.45) is 35.5 Å². The molecule has 1 nitrogen and oxygen atoms in total. The van der Waals surface area contributed by atoms with E-state index in [1.165, 1.54) is 89.9 Å². The Morgan fingerprint density at radius 3 is 2.28 bits per heavy atom. The molecular weight excluding hydrogens is 429 g/mol. The predicted molar refractivity (Wildman–Crippen MR) is 119 cm³/mol. The molecule has 4 aliphatic carbocycles. The summed E-state index contributed by atoms with van der Waals surface area (Å²) in [5.74, 6) is 5.01. The van der Waals surface area contributed by atoms with Crippen LogP contribution in [0, 0.1) is 35.5 Å². The number of hydrogen-bond donors (Lipinski definition) is 1. The van der Waals surface area contributed by atoms with E-state index in [9.17, 15) is 5.11 Å². The van der Waals surface area contributed by atoms with Gasteiger partial charge in [0, 0.05) is 38.6 Å². The van der Waals surface area contributed by atoms with E-state index >= 15 is 0 Å². The zero-order valence-corrected chi connectivity index (χ0v) is 21.7. The normalized spacial score (nSPS) is 39.3. The Kier molecular flexibility index (Phi) is 9.98. The summed E-state index contributed by atoms with van der Waals surface area (Å²) in [6.45, 7) is 2.16. The van der Waals surface area contributed by atoms with Crippen LogP contribution in [0.1, 0.15) is 103 Å². The molecule has 0 aliphatic heterocycles. The predicted octanol–water partition coefficient (Wildman–Crippen LogP) is 7.45.